The van der Waals surface area contributed by atoms with Crippen LogP contribution in [-0.4, -0.2) is 13.7 Å². The first kappa shape index (κ1) is 7.55. The Morgan fingerprint density at radius 3 is 2.92 bits per heavy atom. The Kier molecular flexibility index (Phi) is 1.73. The standard InChI is InChI=1S/C9H9FO2/c1-11-9-6(8-5-12-8)3-2-4-7(9)10/h2-4,8H,5H2,1H3/t8-/m0/s1. The Hall–Kier alpha value is -1.09. The molecule has 12 heavy (non-hydrogen) atoms. The van der Waals surface area contributed by atoms with Gasteiger partial charge in [-0.15, -0.1) is 0 Å². The molecule has 1 aliphatic rings. The van der Waals surface area contributed by atoms with Gasteiger partial charge >= 0.3 is 0 Å². The minimum Gasteiger partial charge on any atom is -0.493 e. The zero-order chi connectivity index (χ0) is 8.55. The molecule has 0 saturated carbocycles. The molecule has 0 radical (unpaired) electrons. The first-order valence-corrected chi connectivity index (χ1v) is 3.77. The zero-order valence-electron chi connectivity index (χ0n) is 6.71. The monoisotopic (exact) mass is 168 g/mol. The maximum Gasteiger partial charge on any atom is 0.165 e. The molecule has 2 nitrogen and oxygen atoms in total. The van der Waals surface area contributed by atoms with E-state index >= 15 is 0 Å². The molecule has 64 valence electrons. The van der Waals surface area contributed by atoms with Crippen LogP contribution in [0.2, 0.25) is 0 Å². The molecule has 0 bridgehead atoms. The first-order chi connectivity index (χ1) is 5.83. The number of hydrogen-bond acceptors (Lipinski definition) is 2. The van der Waals surface area contributed by atoms with Gasteiger partial charge in [-0.3, -0.25) is 0 Å². The second-order valence-electron chi connectivity index (χ2n) is 2.68. The molecule has 1 fully saturated rings. The number of benzene rings is 1. The fourth-order valence-corrected chi connectivity index (χ4v) is 1.22. The van der Waals surface area contributed by atoms with Gasteiger partial charge in [0.05, 0.1) is 13.7 Å². The number of halogens is 1. The molecule has 1 aromatic rings. The van der Waals surface area contributed by atoms with Gasteiger partial charge in [0.1, 0.15) is 6.10 Å². The lowest BCUT2D eigenvalue weighted by atomic mass is 10.1. The van der Waals surface area contributed by atoms with Crippen molar-refractivity contribution in [3.8, 4) is 5.75 Å². The number of methoxy groups -OCH3 is 1. The summed E-state index contributed by atoms with van der Waals surface area (Å²) in [5.41, 5.74) is 0.803. The van der Waals surface area contributed by atoms with Crippen molar-refractivity contribution in [1.29, 1.82) is 0 Å². The lowest BCUT2D eigenvalue weighted by molar-refractivity contribution is 0.364. The molecule has 0 N–H and O–H groups in total. The maximum absolute atomic E-state index is 13.1. The molecule has 2 rings (SSSR count). The van der Waals surface area contributed by atoms with E-state index in [9.17, 15) is 4.39 Å². The highest BCUT2D eigenvalue weighted by Gasteiger charge is 2.29. The zero-order valence-corrected chi connectivity index (χ0v) is 6.71. The van der Waals surface area contributed by atoms with E-state index in [1.54, 1.807) is 6.07 Å². The van der Waals surface area contributed by atoms with E-state index in [2.05, 4.69) is 0 Å². The predicted octanol–water partition coefficient (Wildman–Crippen LogP) is 1.91. The van der Waals surface area contributed by atoms with Crippen LogP contribution < -0.4 is 4.74 Å². The molecular weight excluding hydrogens is 159 g/mol. The van der Waals surface area contributed by atoms with Crippen LogP contribution in [0.5, 0.6) is 5.75 Å². The average Bonchev–Trinajstić information content (AvgIpc) is 2.86. The highest BCUT2D eigenvalue weighted by Crippen LogP contribution is 2.37. The molecule has 0 aromatic heterocycles. The lowest BCUT2D eigenvalue weighted by Gasteiger charge is -2.05. The van der Waals surface area contributed by atoms with Crippen LogP contribution in [0.3, 0.4) is 0 Å². The molecule has 1 atom stereocenters. The number of epoxide rings is 1. The van der Waals surface area contributed by atoms with E-state index in [4.69, 9.17) is 9.47 Å². The van der Waals surface area contributed by atoms with Crippen LogP contribution in [-0.2, 0) is 4.74 Å². The van der Waals surface area contributed by atoms with Crippen LogP contribution in [0.1, 0.15) is 11.7 Å². The fourth-order valence-electron chi connectivity index (χ4n) is 1.22. The van der Waals surface area contributed by atoms with Crippen molar-refractivity contribution in [3.05, 3.63) is 29.6 Å². The summed E-state index contributed by atoms with van der Waals surface area (Å²) in [7, 11) is 1.46. The number of rotatable bonds is 2. The normalized spacial score (nSPS) is 20.7. The van der Waals surface area contributed by atoms with Gasteiger partial charge < -0.3 is 9.47 Å². The van der Waals surface area contributed by atoms with E-state index in [0.717, 1.165) is 5.56 Å². The summed E-state index contributed by atoms with van der Waals surface area (Å²) in [6.45, 7) is 0.666. The molecule has 1 heterocycles. The Morgan fingerprint density at radius 1 is 1.58 bits per heavy atom. The third kappa shape index (κ3) is 1.16. The average molecular weight is 168 g/mol. The molecule has 0 aliphatic carbocycles. The summed E-state index contributed by atoms with van der Waals surface area (Å²) in [4.78, 5) is 0. The summed E-state index contributed by atoms with van der Waals surface area (Å²) >= 11 is 0. The summed E-state index contributed by atoms with van der Waals surface area (Å²) < 4.78 is 23.0. The molecule has 0 unspecified atom stereocenters. The molecule has 1 aromatic carbocycles. The molecule has 1 aliphatic heterocycles. The van der Waals surface area contributed by atoms with Crippen LogP contribution in [0.25, 0.3) is 0 Å². The van der Waals surface area contributed by atoms with Crippen LogP contribution in [0, 0.1) is 5.82 Å². The van der Waals surface area contributed by atoms with Crippen LogP contribution >= 0.6 is 0 Å². The fraction of sp³-hybridized carbons (Fsp3) is 0.333. The van der Waals surface area contributed by atoms with Gasteiger partial charge in [-0.1, -0.05) is 12.1 Å². The summed E-state index contributed by atoms with van der Waals surface area (Å²) in [5.74, 6) is -0.0227. The smallest absolute Gasteiger partial charge is 0.165 e. The van der Waals surface area contributed by atoms with Crippen molar-refractivity contribution in [2.75, 3.05) is 13.7 Å². The minimum atomic E-state index is -0.328. The molecule has 0 amide bonds. The SMILES string of the molecule is COc1c(F)cccc1[C@@H]1CO1. The van der Waals surface area contributed by atoms with E-state index in [0.29, 0.717) is 12.4 Å². The Labute approximate surface area is 69.9 Å². The molecule has 0 spiro atoms. The Balaban J connectivity index is 2.43. The predicted molar refractivity (Wildman–Crippen MR) is 41.6 cm³/mol. The highest BCUT2D eigenvalue weighted by molar-refractivity contribution is 5.38. The Morgan fingerprint density at radius 2 is 2.33 bits per heavy atom. The van der Waals surface area contributed by atoms with Crippen molar-refractivity contribution in [2.24, 2.45) is 0 Å². The van der Waals surface area contributed by atoms with Crippen molar-refractivity contribution in [3.63, 3.8) is 0 Å². The van der Waals surface area contributed by atoms with Gasteiger partial charge in [0.2, 0.25) is 0 Å². The van der Waals surface area contributed by atoms with Gasteiger partial charge in [-0.25, -0.2) is 4.39 Å². The van der Waals surface area contributed by atoms with Crippen molar-refractivity contribution < 1.29 is 13.9 Å². The van der Waals surface area contributed by atoms with Gasteiger partial charge in [0.15, 0.2) is 11.6 Å². The Bertz CT molecular complexity index is 295. The molecule has 3 heteroatoms. The second-order valence-corrected chi connectivity index (χ2v) is 2.68. The third-order valence-corrected chi connectivity index (χ3v) is 1.88. The second kappa shape index (κ2) is 2.75. The van der Waals surface area contributed by atoms with Crippen molar-refractivity contribution >= 4 is 0 Å². The number of hydrogen-bond donors (Lipinski definition) is 0. The van der Waals surface area contributed by atoms with Crippen molar-refractivity contribution in [2.45, 2.75) is 6.10 Å². The van der Waals surface area contributed by atoms with Crippen LogP contribution in [0.15, 0.2) is 18.2 Å². The van der Waals surface area contributed by atoms with Gasteiger partial charge in [0, 0.05) is 5.56 Å². The van der Waals surface area contributed by atoms with E-state index in [-0.39, 0.29) is 11.9 Å². The molecule has 1 saturated heterocycles. The minimum absolute atomic E-state index is 0.0376. The van der Waals surface area contributed by atoms with E-state index < -0.39 is 0 Å². The van der Waals surface area contributed by atoms with E-state index in [1.165, 1.54) is 13.2 Å². The van der Waals surface area contributed by atoms with E-state index in [1.807, 2.05) is 6.07 Å². The first-order valence-electron chi connectivity index (χ1n) is 3.77. The summed E-state index contributed by atoms with van der Waals surface area (Å²) in [6, 6.07) is 4.86. The van der Waals surface area contributed by atoms with Crippen LogP contribution in [0.4, 0.5) is 4.39 Å². The quantitative estimate of drug-likeness (QED) is 0.629. The van der Waals surface area contributed by atoms with Gasteiger partial charge in [-0.2, -0.15) is 0 Å². The maximum atomic E-state index is 13.1. The summed E-state index contributed by atoms with van der Waals surface area (Å²) in [5, 5.41) is 0. The topological polar surface area (TPSA) is 21.8 Å². The van der Waals surface area contributed by atoms with Gasteiger partial charge in [-0.05, 0) is 6.07 Å². The number of ether oxygens (including phenoxy) is 2. The van der Waals surface area contributed by atoms with Gasteiger partial charge in [0.25, 0.3) is 0 Å². The summed E-state index contributed by atoms with van der Waals surface area (Å²) in [6.07, 6.45) is 0.0376. The third-order valence-electron chi connectivity index (χ3n) is 1.88. The number of para-hydroxylation sites is 1. The molecular formula is C9H9FO2. The lowest BCUT2D eigenvalue weighted by Crippen LogP contribution is -1.93. The largest absolute Gasteiger partial charge is 0.493 e. The van der Waals surface area contributed by atoms with Crippen molar-refractivity contribution in [1.82, 2.24) is 0 Å². The highest BCUT2D eigenvalue weighted by atomic mass is 19.1.